The number of rotatable bonds is 13. The molecule has 4 atom stereocenters. The number of amides is 4. The summed E-state index contributed by atoms with van der Waals surface area (Å²) in [6, 6.07) is -1.93. The van der Waals surface area contributed by atoms with Gasteiger partial charge in [0.25, 0.3) is 5.91 Å². The van der Waals surface area contributed by atoms with Gasteiger partial charge in [-0.15, -0.1) is 11.3 Å². The minimum absolute atomic E-state index is 0.0463. The van der Waals surface area contributed by atoms with E-state index in [-0.39, 0.29) is 28.4 Å². The molecule has 54 heavy (non-hydrogen) atoms. The van der Waals surface area contributed by atoms with Crippen molar-refractivity contribution >= 4 is 68.0 Å². The van der Waals surface area contributed by atoms with Crippen LogP contribution >= 0.6 is 11.3 Å². The fraction of sp³-hybridized carbons (Fsp3) is 0.706. The number of esters is 1. The Morgan fingerprint density at radius 2 is 1.48 bits per heavy atom. The van der Waals surface area contributed by atoms with Gasteiger partial charge in [-0.25, -0.2) is 24.2 Å². The Kier molecular flexibility index (Phi) is 15.4. The summed E-state index contributed by atoms with van der Waals surface area (Å²) in [5.74, 6) is -2.05. The van der Waals surface area contributed by atoms with Crippen LogP contribution in [0.4, 0.5) is 19.5 Å². The summed E-state index contributed by atoms with van der Waals surface area (Å²) >= 11 is 0.962. The van der Waals surface area contributed by atoms with Gasteiger partial charge in [0.1, 0.15) is 44.8 Å². The van der Waals surface area contributed by atoms with Crippen molar-refractivity contribution in [3.8, 4) is 0 Å². The topological polar surface area (TPSA) is 222 Å². The van der Waals surface area contributed by atoms with Gasteiger partial charge in [0.05, 0.1) is 6.04 Å². The van der Waals surface area contributed by atoms with Gasteiger partial charge in [-0.3, -0.25) is 20.2 Å². The number of aromatic nitrogens is 1. The van der Waals surface area contributed by atoms with E-state index in [9.17, 15) is 28.8 Å². The number of nitrogens with zero attached hydrogens (tertiary/aromatic N) is 3. The van der Waals surface area contributed by atoms with Crippen molar-refractivity contribution in [1.82, 2.24) is 20.2 Å². The van der Waals surface area contributed by atoms with Crippen LogP contribution in [0.2, 0.25) is 5.54 Å². The van der Waals surface area contributed by atoms with Crippen molar-refractivity contribution < 1.29 is 57.3 Å². The Bertz CT molecular complexity index is 1560. The second-order valence-corrected chi connectivity index (χ2v) is 19.8. The number of oxime groups is 1. The SMILES string of the molecule is CC(NC(=O)OC(C)(C)C)OC(=O)OCC1C(NC(=O)C(=NOCC(=O)OC(C)(C)C)c2csc(NC(=O)OC(C)(C)C)n2)C(=O)N1[SiH2]C(C)C(C)(C)C. The molecule has 3 N–H and O–H groups in total. The zero-order valence-electron chi connectivity index (χ0n) is 33.7. The molecule has 4 unspecified atom stereocenters. The molecule has 0 aliphatic carbocycles. The molecule has 0 aromatic carbocycles. The van der Waals surface area contributed by atoms with Crippen LogP contribution in [-0.4, -0.2) is 109 Å². The third-order valence-corrected chi connectivity index (χ3v) is 11.0. The first-order chi connectivity index (χ1) is 24.5. The maximum absolute atomic E-state index is 13.8. The lowest BCUT2D eigenvalue weighted by molar-refractivity contribution is -0.160. The Morgan fingerprint density at radius 3 is 2.04 bits per heavy atom. The van der Waals surface area contributed by atoms with E-state index >= 15 is 0 Å². The molecule has 1 aliphatic rings. The highest BCUT2D eigenvalue weighted by Crippen LogP contribution is 2.33. The number of β-lactam (4-membered cyclic amide) rings is 1. The van der Waals surface area contributed by atoms with Crippen LogP contribution in [-0.2, 0) is 42.9 Å². The van der Waals surface area contributed by atoms with Crippen molar-refractivity contribution in [2.24, 2.45) is 10.6 Å². The summed E-state index contributed by atoms with van der Waals surface area (Å²) in [7, 11) is -1.29. The Hall–Kier alpha value is -4.46. The van der Waals surface area contributed by atoms with Gasteiger partial charge < -0.3 is 38.4 Å². The number of alkyl carbamates (subject to hydrolysis) is 1. The van der Waals surface area contributed by atoms with E-state index in [1.807, 2.05) is 6.92 Å². The molecule has 2 rings (SSSR count). The van der Waals surface area contributed by atoms with Gasteiger partial charge in [0, 0.05) is 5.38 Å². The summed E-state index contributed by atoms with van der Waals surface area (Å²) in [6.07, 6.45) is -3.81. The fourth-order valence-electron chi connectivity index (χ4n) is 4.34. The lowest BCUT2D eigenvalue weighted by Crippen LogP contribution is -2.74. The number of anilines is 1. The second-order valence-electron chi connectivity index (χ2n) is 16.7. The number of carbonyl (C=O) groups is 6. The Morgan fingerprint density at radius 1 is 0.907 bits per heavy atom. The normalized spacial score (nSPS) is 17.9. The third kappa shape index (κ3) is 15.9. The van der Waals surface area contributed by atoms with E-state index in [0.29, 0.717) is 0 Å². The minimum atomic E-state index is -1.29. The molecular formula is C34H56N6O12SSi. The largest absolute Gasteiger partial charge is 0.510 e. The molecule has 1 aromatic heterocycles. The highest BCUT2D eigenvalue weighted by molar-refractivity contribution is 7.14. The first kappa shape index (κ1) is 45.7. The van der Waals surface area contributed by atoms with Gasteiger partial charge in [-0.2, -0.15) is 0 Å². The summed E-state index contributed by atoms with van der Waals surface area (Å²) in [5, 5.41) is 12.8. The van der Waals surface area contributed by atoms with Crippen molar-refractivity contribution in [1.29, 1.82) is 0 Å². The zero-order valence-corrected chi connectivity index (χ0v) is 35.9. The lowest BCUT2D eigenvalue weighted by atomic mass is 9.93. The molecule has 4 amide bonds. The van der Waals surface area contributed by atoms with Gasteiger partial charge in [-0.1, -0.05) is 32.9 Å². The summed E-state index contributed by atoms with van der Waals surface area (Å²) in [4.78, 5) is 86.2. The van der Waals surface area contributed by atoms with Crippen LogP contribution in [0.3, 0.4) is 0 Å². The number of thiazole rings is 1. The van der Waals surface area contributed by atoms with Gasteiger partial charge in [0.2, 0.25) is 12.5 Å². The molecule has 0 spiro atoms. The van der Waals surface area contributed by atoms with Gasteiger partial charge in [-0.05, 0) is 80.2 Å². The zero-order chi connectivity index (χ0) is 41.4. The molecule has 1 saturated heterocycles. The predicted octanol–water partition coefficient (Wildman–Crippen LogP) is 4.21. The Balaban J connectivity index is 2.30. The molecule has 0 saturated carbocycles. The van der Waals surface area contributed by atoms with E-state index < -0.39 is 93.2 Å². The van der Waals surface area contributed by atoms with Crippen molar-refractivity contribution in [3.05, 3.63) is 11.1 Å². The van der Waals surface area contributed by atoms with Crippen LogP contribution in [0, 0.1) is 5.41 Å². The monoisotopic (exact) mass is 800 g/mol. The standard InChI is InChI=1S/C34H56N6O12SSi/c1-18(31(3,4)5)54-40-21(15-47-30(46)49-19(2)35-28(44)51-33(9,10)11)24(26(40)43)37-25(42)23(39-48-16-22(41)50-32(6,7)8)20-17-53-27(36-20)38-29(45)52-34(12,13)14/h17-19,21,24H,15-16,54H2,1-14H3,(H,35,44)(H,37,42)(H,36,38,45). The van der Waals surface area contributed by atoms with E-state index in [1.165, 1.54) is 12.3 Å². The van der Waals surface area contributed by atoms with Gasteiger partial charge >= 0.3 is 24.3 Å². The smallest absolute Gasteiger partial charge is 0.457 e. The number of carbonyl (C=O) groups excluding carboxylic acids is 6. The quantitative estimate of drug-likeness (QED) is 0.0485. The molecule has 2 heterocycles. The molecular weight excluding hydrogens is 745 g/mol. The summed E-state index contributed by atoms with van der Waals surface area (Å²) in [6.45, 7) is 23.7. The fourth-order valence-corrected chi connectivity index (χ4v) is 7.13. The minimum Gasteiger partial charge on any atom is -0.457 e. The molecule has 0 bridgehead atoms. The first-order valence-electron chi connectivity index (χ1n) is 17.4. The third-order valence-electron chi connectivity index (χ3n) is 7.26. The average Bonchev–Trinajstić information content (AvgIpc) is 3.41. The maximum Gasteiger partial charge on any atom is 0.510 e. The molecule has 18 nitrogen and oxygen atoms in total. The second kappa shape index (κ2) is 18.2. The maximum atomic E-state index is 13.8. The predicted molar refractivity (Wildman–Crippen MR) is 202 cm³/mol. The highest BCUT2D eigenvalue weighted by atomic mass is 32.1. The van der Waals surface area contributed by atoms with Crippen LogP contribution in [0.15, 0.2) is 10.5 Å². The lowest BCUT2D eigenvalue weighted by Gasteiger charge is -2.49. The Labute approximate surface area is 322 Å². The van der Waals surface area contributed by atoms with Crippen molar-refractivity contribution in [2.75, 3.05) is 18.5 Å². The number of nitrogens with one attached hydrogen (secondary N) is 3. The van der Waals surface area contributed by atoms with E-state index in [0.717, 1.165) is 11.3 Å². The molecule has 0 radical (unpaired) electrons. The summed E-state index contributed by atoms with van der Waals surface area (Å²) < 4.78 is 27.8. The first-order valence-corrected chi connectivity index (χ1v) is 19.7. The van der Waals surface area contributed by atoms with E-state index in [1.54, 1.807) is 66.9 Å². The highest BCUT2D eigenvalue weighted by Gasteiger charge is 2.50. The molecule has 1 aromatic rings. The average molecular weight is 801 g/mol. The van der Waals surface area contributed by atoms with Crippen LogP contribution in [0.1, 0.15) is 103 Å². The molecule has 304 valence electrons. The summed E-state index contributed by atoms with van der Waals surface area (Å²) in [5.41, 5.74) is -2.82. The van der Waals surface area contributed by atoms with Crippen LogP contribution in [0.5, 0.6) is 0 Å². The molecule has 1 aliphatic heterocycles. The van der Waals surface area contributed by atoms with Crippen molar-refractivity contribution in [3.63, 3.8) is 0 Å². The molecule has 20 heteroatoms. The van der Waals surface area contributed by atoms with E-state index in [4.69, 9.17) is 28.5 Å². The van der Waals surface area contributed by atoms with Crippen molar-refractivity contribution in [2.45, 2.75) is 138 Å². The van der Waals surface area contributed by atoms with Gasteiger partial charge in [0.15, 0.2) is 17.1 Å². The number of hydrogen-bond donors (Lipinski definition) is 3. The number of hydrogen-bond acceptors (Lipinski definition) is 15. The van der Waals surface area contributed by atoms with E-state index in [2.05, 4.69) is 46.9 Å². The molecule has 1 fully saturated rings. The number of ether oxygens (including phenoxy) is 5. The van der Waals surface area contributed by atoms with Crippen LogP contribution < -0.4 is 16.0 Å². The van der Waals surface area contributed by atoms with Crippen LogP contribution in [0.25, 0.3) is 0 Å².